The summed E-state index contributed by atoms with van der Waals surface area (Å²) in [7, 11) is 0. The number of ether oxygens (including phenoxy) is 1. The SMILES string of the molecule is NC(=O)c1nn(-c2ccc(F)cc2)c2c1CCc1ccc(NC(=O)c3cc(N4CCOCC4)ncc3Cl)cc1-2. The summed E-state index contributed by atoms with van der Waals surface area (Å²) in [6.45, 7) is 2.54. The maximum absolute atomic E-state index is 13.6. The van der Waals surface area contributed by atoms with Gasteiger partial charge < -0.3 is 20.7 Å². The standard InChI is InChI=1S/C28H24ClFN6O3/c29-23-15-32-24(35-9-11-39-12-10-35)14-22(23)28(38)33-18-5-1-16-2-8-20-25(27(31)37)34-36(26(20)21(16)13-18)19-6-3-17(30)4-7-19/h1,3-7,13-15H,2,8-12H2,(H2,31,37)(H,33,38). The summed E-state index contributed by atoms with van der Waals surface area (Å²) < 4.78 is 20.6. The van der Waals surface area contributed by atoms with E-state index in [0.29, 0.717) is 67.6 Å². The van der Waals surface area contributed by atoms with E-state index >= 15 is 0 Å². The first-order chi connectivity index (χ1) is 18.9. The minimum Gasteiger partial charge on any atom is -0.378 e. The molecular formula is C28H24ClFN6O3. The Labute approximate surface area is 228 Å². The number of carbonyl (C=O) groups excluding carboxylic acids is 2. The van der Waals surface area contributed by atoms with Crippen LogP contribution in [0.3, 0.4) is 0 Å². The molecule has 6 rings (SSSR count). The fraction of sp³-hybridized carbons (Fsp3) is 0.214. The Kier molecular flexibility index (Phi) is 6.49. The molecule has 4 aromatic rings. The van der Waals surface area contributed by atoms with Crippen molar-refractivity contribution in [3.63, 3.8) is 0 Å². The zero-order valence-electron chi connectivity index (χ0n) is 20.8. The number of amides is 2. The molecule has 0 radical (unpaired) electrons. The molecule has 1 aliphatic heterocycles. The van der Waals surface area contributed by atoms with Crippen molar-refractivity contribution in [2.75, 3.05) is 36.5 Å². The zero-order chi connectivity index (χ0) is 27.1. The number of halogens is 2. The average molecular weight is 547 g/mol. The van der Waals surface area contributed by atoms with Crippen LogP contribution in [0.2, 0.25) is 5.02 Å². The number of fused-ring (bicyclic) bond motifs is 3. The van der Waals surface area contributed by atoms with Crippen LogP contribution in [0.25, 0.3) is 16.9 Å². The number of nitrogens with zero attached hydrogens (tertiary/aromatic N) is 4. The van der Waals surface area contributed by atoms with Crippen LogP contribution in [0.1, 0.15) is 32.0 Å². The maximum atomic E-state index is 13.6. The Morgan fingerprint density at radius 3 is 2.56 bits per heavy atom. The third-order valence-corrected chi connectivity index (χ3v) is 7.28. The van der Waals surface area contributed by atoms with E-state index in [0.717, 1.165) is 16.7 Å². The van der Waals surface area contributed by atoms with Gasteiger partial charge in [-0.05, 0) is 60.9 Å². The number of pyridine rings is 1. The largest absolute Gasteiger partial charge is 0.378 e. The van der Waals surface area contributed by atoms with Crippen LogP contribution < -0.4 is 16.0 Å². The van der Waals surface area contributed by atoms with Crippen molar-refractivity contribution in [2.24, 2.45) is 5.73 Å². The third kappa shape index (κ3) is 4.73. The molecule has 2 amide bonds. The first kappa shape index (κ1) is 25.0. The summed E-state index contributed by atoms with van der Waals surface area (Å²) in [5.41, 5.74) is 10.5. The lowest BCUT2D eigenvalue weighted by molar-refractivity contribution is 0.0992. The van der Waals surface area contributed by atoms with Crippen LogP contribution in [-0.4, -0.2) is 52.9 Å². The smallest absolute Gasteiger partial charge is 0.269 e. The number of aromatic nitrogens is 3. The van der Waals surface area contributed by atoms with Gasteiger partial charge in [-0.1, -0.05) is 17.7 Å². The number of hydrogen-bond donors (Lipinski definition) is 2. The van der Waals surface area contributed by atoms with Crippen molar-refractivity contribution in [3.8, 4) is 16.9 Å². The second-order valence-electron chi connectivity index (χ2n) is 9.38. The molecule has 1 saturated heterocycles. The number of nitrogens with two attached hydrogens (primary N) is 1. The molecule has 0 saturated carbocycles. The van der Waals surface area contributed by atoms with Gasteiger partial charge in [-0.25, -0.2) is 14.1 Å². The summed E-state index contributed by atoms with van der Waals surface area (Å²) in [4.78, 5) is 32.0. The lowest BCUT2D eigenvalue weighted by Gasteiger charge is -2.28. The van der Waals surface area contributed by atoms with Gasteiger partial charge >= 0.3 is 0 Å². The zero-order valence-corrected chi connectivity index (χ0v) is 21.5. The molecule has 198 valence electrons. The first-order valence-corrected chi connectivity index (χ1v) is 12.9. The Bertz CT molecular complexity index is 1600. The molecule has 0 spiro atoms. The van der Waals surface area contributed by atoms with Crippen molar-refractivity contribution in [3.05, 3.63) is 88.0 Å². The van der Waals surface area contributed by atoms with Gasteiger partial charge in [0.25, 0.3) is 11.8 Å². The molecule has 3 heterocycles. The number of aryl methyl sites for hydroxylation is 1. The van der Waals surface area contributed by atoms with E-state index in [-0.39, 0.29) is 22.4 Å². The summed E-state index contributed by atoms with van der Waals surface area (Å²) in [5, 5.41) is 7.67. The highest BCUT2D eigenvalue weighted by Crippen LogP contribution is 2.38. The molecule has 1 aliphatic carbocycles. The predicted molar refractivity (Wildman–Crippen MR) is 145 cm³/mol. The fourth-order valence-corrected chi connectivity index (χ4v) is 5.24. The van der Waals surface area contributed by atoms with E-state index in [4.69, 9.17) is 22.1 Å². The maximum Gasteiger partial charge on any atom is 0.269 e. The number of anilines is 2. The number of benzene rings is 2. The summed E-state index contributed by atoms with van der Waals surface area (Å²) in [5.74, 6) is -0.738. The lowest BCUT2D eigenvalue weighted by Crippen LogP contribution is -2.36. The average Bonchev–Trinajstić information content (AvgIpc) is 3.35. The van der Waals surface area contributed by atoms with E-state index in [1.54, 1.807) is 22.9 Å². The first-order valence-electron chi connectivity index (χ1n) is 12.5. The van der Waals surface area contributed by atoms with Gasteiger partial charge in [-0.2, -0.15) is 5.10 Å². The van der Waals surface area contributed by atoms with Gasteiger partial charge in [0.1, 0.15) is 11.6 Å². The molecule has 1 fully saturated rings. The number of nitrogens with one attached hydrogen (secondary N) is 1. The number of carbonyl (C=O) groups is 2. The molecule has 11 heteroatoms. The van der Waals surface area contributed by atoms with Crippen molar-refractivity contribution in [1.82, 2.24) is 14.8 Å². The second-order valence-corrected chi connectivity index (χ2v) is 9.78. The number of morpholine rings is 1. The molecule has 9 nitrogen and oxygen atoms in total. The molecule has 0 unspecified atom stereocenters. The van der Waals surface area contributed by atoms with Crippen LogP contribution in [0.5, 0.6) is 0 Å². The van der Waals surface area contributed by atoms with E-state index in [2.05, 4.69) is 15.4 Å². The van der Waals surface area contributed by atoms with Crippen LogP contribution in [0.4, 0.5) is 15.9 Å². The lowest BCUT2D eigenvalue weighted by atomic mass is 9.88. The molecule has 2 aromatic carbocycles. The van der Waals surface area contributed by atoms with Gasteiger partial charge in [0, 0.05) is 36.1 Å². The van der Waals surface area contributed by atoms with Crippen LogP contribution >= 0.6 is 11.6 Å². The van der Waals surface area contributed by atoms with Crippen molar-refractivity contribution < 1.29 is 18.7 Å². The number of rotatable bonds is 5. The van der Waals surface area contributed by atoms with Gasteiger partial charge in [-0.3, -0.25) is 9.59 Å². The Morgan fingerprint density at radius 1 is 1.05 bits per heavy atom. The minimum absolute atomic E-state index is 0.175. The molecule has 2 aromatic heterocycles. The molecule has 39 heavy (non-hydrogen) atoms. The molecule has 0 atom stereocenters. The molecular weight excluding hydrogens is 523 g/mol. The monoisotopic (exact) mass is 546 g/mol. The van der Waals surface area contributed by atoms with Gasteiger partial charge in [-0.15, -0.1) is 0 Å². The van der Waals surface area contributed by atoms with Crippen LogP contribution in [0, 0.1) is 5.82 Å². The summed E-state index contributed by atoms with van der Waals surface area (Å²) in [6.07, 6.45) is 2.72. The van der Waals surface area contributed by atoms with E-state index in [1.807, 2.05) is 23.1 Å². The highest BCUT2D eigenvalue weighted by Gasteiger charge is 2.28. The van der Waals surface area contributed by atoms with Crippen LogP contribution in [0.15, 0.2) is 54.7 Å². The van der Waals surface area contributed by atoms with Crippen molar-refractivity contribution in [1.29, 1.82) is 0 Å². The van der Waals surface area contributed by atoms with Gasteiger partial charge in [0.05, 0.1) is 35.2 Å². The highest BCUT2D eigenvalue weighted by atomic mass is 35.5. The minimum atomic E-state index is -0.636. The predicted octanol–water partition coefficient (Wildman–Crippen LogP) is 4.01. The van der Waals surface area contributed by atoms with Crippen molar-refractivity contribution >= 4 is 34.9 Å². The highest BCUT2D eigenvalue weighted by molar-refractivity contribution is 6.34. The van der Waals surface area contributed by atoms with Crippen LogP contribution in [-0.2, 0) is 17.6 Å². The number of primary amides is 1. The molecule has 2 aliphatic rings. The second kappa shape index (κ2) is 10.1. The van der Waals surface area contributed by atoms with E-state index in [1.165, 1.54) is 18.3 Å². The Morgan fingerprint density at radius 2 is 1.82 bits per heavy atom. The fourth-order valence-electron chi connectivity index (χ4n) is 5.05. The third-order valence-electron chi connectivity index (χ3n) is 6.98. The molecule has 0 bridgehead atoms. The van der Waals surface area contributed by atoms with Gasteiger partial charge in [0.15, 0.2) is 5.69 Å². The quantitative estimate of drug-likeness (QED) is 0.391. The van der Waals surface area contributed by atoms with Crippen molar-refractivity contribution in [2.45, 2.75) is 12.8 Å². The summed E-state index contributed by atoms with van der Waals surface area (Å²) >= 11 is 6.36. The molecule has 3 N–H and O–H groups in total. The summed E-state index contributed by atoms with van der Waals surface area (Å²) in [6, 6.07) is 13.1. The normalized spacial score (nSPS) is 14.5. The Balaban J connectivity index is 1.36. The van der Waals surface area contributed by atoms with Gasteiger partial charge in [0.2, 0.25) is 0 Å². The number of hydrogen-bond acceptors (Lipinski definition) is 6. The topological polar surface area (TPSA) is 115 Å². The van der Waals surface area contributed by atoms with E-state index in [9.17, 15) is 14.0 Å². The van der Waals surface area contributed by atoms with E-state index < -0.39 is 5.91 Å². The Hall–Kier alpha value is -4.28.